The topological polar surface area (TPSA) is 67.7 Å². The summed E-state index contributed by atoms with van der Waals surface area (Å²) in [5.41, 5.74) is 1.37. The monoisotopic (exact) mass is 386 g/mol. The molecule has 0 spiro atoms. The first-order valence-corrected chi connectivity index (χ1v) is 8.89. The van der Waals surface area contributed by atoms with E-state index in [1.54, 1.807) is 17.0 Å². The normalized spacial score (nSPS) is 14.1. The fourth-order valence-corrected chi connectivity index (χ4v) is 3.08. The Hall–Kier alpha value is -3.10. The van der Waals surface area contributed by atoms with Gasteiger partial charge in [0.05, 0.1) is 12.2 Å². The molecule has 0 saturated heterocycles. The maximum absolute atomic E-state index is 13.4. The van der Waals surface area contributed by atoms with Gasteiger partial charge in [0.1, 0.15) is 11.6 Å². The third-order valence-corrected chi connectivity index (χ3v) is 4.58. The quantitative estimate of drug-likeness (QED) is 0.687. The number of nitrogens with zero attached hydrogens (tertiary/aromatic N) is 6. The summed E-state index contributed by atoms with van der Waals surface area (Å²) >= 11 is 0. The minimum Gasteiger partial charge on any atom is -0.350 e. The number of hydrogen-bond donors (Lipinski definition) is 0. The molecule has 0 saturated carbocycles. The van der Waals surface area contributed by atoms with E-state index in [4.69, 9.17) is 0 Å². The number of aryl methyl sites for hydroxylation is 1. The third kappa shape index (κ3) is 3.64. The minimum absolute atomic E-state index is 0.0231. The van der Waals surface area contributed by atoms with Gasteiger partial charge in [0.25, 0.3) is 0 Å². The van der Waals surface area contributed by atoms with Gasteiger partial charge in [-0.1, -0.05) is 6.92 Å². The summed E-state index contributed by atoms with van der Waals surface area (Å²) in [7, 11) is 0. The third-order valence-electron chi connectivity index (χ3n) is 4.58. The van der Waals surface area contributed by atoms with Gasteiger partial charge in [-0.2, -0.15) is 13.2 Å². The van der Waals surface area contributed by atoms with Gasteiger partial charge in [-0.15, -0.1) is 0 Å². The summed E-state index contributed by atoms with van der Waals surface area (Å²) in [6.07, 6.45) is 1.59. The van der Waals surface area contributed by atoms with E-state index in [2.05, 4.69) is 24.9 Å². The van der Waals surface area contributed by atoms with Crippen molar-refractivity contribution >= 4 is 5.82 Å². The Bertz CT molecular complexity index is 991. The Morgan fingerprint density at radius 1 is 1.11 bits per heavy atom. The minimum atomic E-state index is -4.56. The Balaban J connectivity index is 1.74. The Labute approximate surface area is 159 Å². The fraction of sp³-hybridized carbons (Fsp3) is 0.316. The molecule has 0 aliphatic carbocycles. The first kappa shape index (κ1) is 18.3. The maximum atomic E-state index is 13.4. The van der Waals surface area contributed by atoms with Gasteiger partial charge in [0.2, 0.25) is 0 Å². The fourth-order valence-electron chi connectivity index (χ4n) is 3.08. The van der Waals surface area contributed by atoms with Gasteiger partial charge in [0, 0.05) is 43.2 Å². The standard InChI is InChI=1S/C19H17F3N6/c1-2-16-24-10-13-5-8-28(11-14(13)25-16)17-9-15(19(20,21)22)26-18(27-17)12-3-6-23-7-4-12/h3-4,6-7,9-10H,2,5,8,11H2,1H3. The molecule has 0 N–H and O–H groups in total. The van der Waals surface area contributed by atoms with Crippen LogP contribution in [0, 0.1) is 0 Å². The SMILES string of the molecule is CCc1ncc2c(n1)CN(c1cc(C(F)(F)F)nc(-c3ccncc3)n1)CC2. The van der Waals surface area contributed by atoms with Crippen LogP contribution in [0.1, 0.15) is 29.7 Å². The first-order chi connectivity index (χ1) is 13.4. The van der Waals surface area contributed by atoms with Crippen LogP contribution in [0.25, 0.3) is 11.4 Å². The number of aromatic nitrogens is 5. The second-order valence-electron chi connectivity index (χ2n) is 6.45. The molecule has 0 atom stereocenters. The van der Waals surface area contributed by atoms with E-state index in [9.17, 15) is 13.2 Å². The van der Waals surface area contributed by atoms with E-state index in [-0.39, 0.29) is 11.6 Å². The van der Waals surface area contributed by atoms with Crippen molar-refractivity contribution in [3.05, 3.63) is 59.6 Å². The lowest BCUT2D eigenvalue weighted by Gasteiger charge is -2.29. The van der Waals surface area contributed by atoms with Crippen LogP contribution in [0.4, 0.5) is 19.0 Å². The predicted octanol–water partition coefficient (Wildman–Crippen LogP) is 3.47. The van der Waals surface area contributed by atoms with Gasteiger partial charge >= 0.3 is 6.18 Å². The molecule has 4 heterocycles. The number of rotatable bonds is 3. The van der Waals surface area contributed by atoms with Crippen molar-refractivity contribution in [2.24, 2.45) is 0 Å². The van der Waals surface area contributed by atoms with Crippen LogP contribution in [0.2, 0.25) is 0 Å². The molecule has 0 amide bonds. The van der Waals surface area contributed by atoms with Gasteiger partial charge < -0.3 is 4.90 Å². The number of fused-ring (bicyclic) bond motifs is 1. The Kier molecular flexibility index (Phi) is 4.66. The molecule has 6 nitrogen and oxygen atoms in total. The average molecular weight is 386 g/mol. The Morgan fingerprint density at radius 3 is 2.61 bits per heavy atom. The molecule has 9 heteroatoms. The molecule has 0 unspecified atom stereocenters. The molecule has 28 heavy (non-hydrogen) atoms. The number of pyridine rings is 1. The number of alkyl halides is 3. The lowest BCUT2D eigenvalue weighted by molar-refractivity contribution is -0.141. The van der Waals surface area contributed by atoms with Gasteiger partial charge in [-0.05, 0) is 24.1 Å². The van der Waals surface area contributed by atoms with E-state index in [1.807, 2.05) is 13.1 Å². The summed E-state index contributed by atoms with van der Waals surface area (Å²) in [6.45, 7) is 2.88. The average Bonchev–Trinajstić information content (AvgIpc) is 2.72. The van der Waals surface area contributed by atoms with Crippen molar-refractivity contribution in [3.63, 3.8) is 0 Å². The highest BCUT2D eigenvalue weighted by Gasteiger charge is 2.34. The van der Waals surface area contributed by atoms with Gasteiger partial charge in [-0.3, -0.25) is 4.98 Å². The predicted molar refractivity (Wildman–Crippen MR) is 96.4 cm³/mol. The summed E-state index contributed by atoms with van der Waals surface area (Å²) in [5, 5.41) is 0. The number of anilines is 1. The highest BCUT2D eigenvalue weighted by atomic mass is 19.4. The second kappa shape index (κ2) is 7.14. The zero-order chi connectivity index (χ0) is 19.7. The maximum Gasteiger partial charge on any atom is 0.433 e. The molecular formula is C19H17F3N6. The molecule has 4 rings (SSSR count). The molecule has 0 fully saturated rings. The van der Waals surface area contributed by atoms with Crippen LogP contribution in [-0.4, -0.2) is 31.5 Å². The summed E-state index contributed by atoms with van der Waals surface area (Å²) in [5.74, 6) is 0.975. The van der Waals surface area contributed by atoms with Crippen LogP contribution in [0.5, 0.6) is 0 Å². The highest BCUT2D eigenvalue weighted by molar-refractivity contribution is 5.58. The highest BCUT2D eigenvalue weighted by Crippen LogP contribution is 2.32. The summed E-state index contributed by atoms with van der Waals surface area (Å²) < 4.78 is 40.3. The van der Waals surface area contributed by atoms with E-state index in [1.165, 1.54) is 12.4 Å². The molecular weight excluding hydrogens is 369 g/mol. The molecule has 0 radical (unpaired) electrons. The van der Waals surface area contributed by atoms with Crippen LogP contribution in [0.3, 0.4) is 0 Å². The van der Waals surface area contributed by atoms with Crippen LogP contribution < -0.4 is 4.90 Å². The lowest BCUT2D eigenvalue weighted by Crippen LogP contribution is -2.32. The van der Waals surface area contributed by atoms with Crippen LogP contribution >= 0.6 is 0 Å². The summed E-state index contributed by atoms with van der Waals surface area (Å²) in [4.78, 5) is 22.7. The first-order valence-electron chi connectivity index (χ1n) is 8.89. The van der Waals surface area contributed by atoms with Crippen molar-refractivity contribution < 1.29 is 13.2 Å². The van der Waals surface area contributed by atoms with Crippen LogP contribution in [0.15, 0.2) is 36.8 Å². The molecule has 3 aromatic rings. The summed E-state index contributed by atoms with van der Waals surface area (Å²) in [6, 6.07) is 4.18. The molecule has 3 aromatic heterocycles. The molecule has 0 bridgehead atoms. The van der Waals surface area contributed by atoms with Crippen molar-refractivity contribution in [2.45, 2.75) is 32.5 Å². The number of halogens is 3. The molecule has 144 valence electrons. The van der Waals surface area contributed by atoms with Crippen molar-refractivity contribution in [1.29, 1.82) is 0 Å². The lowest BCUT2D eigenvalue weighted by atomic mass is 10.1. The molecule has 1 aliphatic rings. The van der Waals surface area contributed by atoms with Crippen molar-refractivity contribution in [2.75, 3.05) is 11.4 Å². The Morgan fingerprint density at radius 2 is 1.89 bits per heavy atom. The van der Waals surface area contributed by atoms with Crippen molar-refractivity contribution in [3.8, 4) is 11.4 Å². The zero-order valence-electron chi connectivity index (χ0n) is 15.1. The van der Waals surface area contributed by atoms with Gasteiger partial charge in [-0.25, -0.2) is 19.9 Å². The molecule has 1 aliphatic heterocycles. The van der Waals surface area contributed by atoms with Crippen LogP contribution in [-0.2, 0) is 25.6 Å². The van der Waals surface area contributed by atoms with Crippen molar-refractivity contribution in [1.82, 2.24) is 24.9 Å². The van der Waals surface area contributed by atoms with E-state index in [0.29, 0.717) is 31.5 Å². The van der Waals surface area contributed by atoms with Gasteiger partial charge in [0.15, 0.2) is 11.5 Å². The van der Waals surface area contributed by atoms with E-state index >= 15 is 0 Å². The molecule has 0 aromatic carbocycles. The smallest absolute Gasteiger partial charge is 0.350 e. The largest absolute Gasteiger partial charge is 0.433 e. The van der Waals surface area contributed by atoms with E-state index < -0.39 is 11.9 Å². The second-order valence-corrected chi connectivity index (χ2v) is 6.45. The van der Waals surface area contributed by atoms with E-state index in [0.717, 1.165) is 23.1 Å². The zero-order valence-corrected chi connectivity index (χ0v) is 15.1. The number of hydrogen-bond acceptors (Lipinski definition) is 6.